The number of hydrogen-bond donors (Lipinski definition) is 0. The summed E-state index contributed by atoms with van der Waals surface area (Å²) >= 11 is 0. The highest BCUT2D eigenvalue weighted by Crippen LogP contribution is 2.27. The zero-order chi connectivity index (χ0) is 14.3. The van der Waals surface area contributed by atoms with Crippen molar-refractivity contribution >= 4 is 5.97 Å². The molecule has 0 spiro atoms. The third-order valence-corrected chi connectivity index (χ3v) is 4.07. The van der Waals surface area contributed by atoms with E-state index in [-0.39, 0.29) is 12.0 Å². The van der Waals surface area contributed by atoms with Crippen LogP contribution in [0.4, 0.5) is 0 Å². The Kier molecular flexibility index (Phi) is 7.44. The van der Waals surface area contributed by atoms with Gasteiger partial charge in [-0.25, -0.2) is 0 Å². The first-order chi connectivity index (χ1) is 9.10. The Morgan fingerprint density at radius 2 is 1.95 bits per heavy atom. The molecule has 19 heavy (non-hydrogen) atoms. The van der Waals surface area contributed by atoms with Crippen LogP contribution in [0.2, 0.25) is 0 Å². The minimum atomic E-state index is -0.0407. The van der Waals surface area contributed by atoms with Crippen molar-refractivity contribution in [2.24, 2.45) is 5.92 Å². The van der Waals surface area contributed by atoms with Crippen molar-refractivity contribution < 1.29 is 9.53 Å². The van der Waals surface area contributed by atoms with Gasteiger partial charge in [-0.15, -0.1) is 0 Å². The fourth-order valence-corrected chi connectivity index (χ4v) is 3.14. The quantitative estimate of drug-likeness (QED) is 0.630. The zero-order valence-corrected chi connectivity index (χ0v) is 13.2. The SMILES string of the molecule is CCCCC(C(=O)OC)N(CC(C)C)C1CCCC1. The Balaban J connectivity index is 2.77. The highest BCUT2D eigenvalue weighted by Gasteiger charge is 2.33. The van der Waals surface area contributed by atoms with E-state index in [9.17, 15) is 4.79 Å². The van der Waals surface area contributed by atoms with Gasteiger partial charge in [-0.2, -0.15) is 0 Å². The van der Waals surface area contributed by atoms with E-state index in [0.29, 0.717) is 12.0 Å². The standard InChI is InChI=1S/C16H31NO2/c1-5-6-11-15(16(18)19-4)17(12-13(2)3)14-9-7-8-10-14/h13-15H,5-12H2,1-4H3. The first kappa shape index (κ1) is 16.5. The van der Waals surface area contributed by atoms with Crippen LogP contribution < -0.4 is 0 Å². The van der Waals surface area contributed by atoms with E-state index in [1.807, 2.05) is 0 Å². The van der Waals surface area contributed by atoms with Crippen molar-refractivity contribution in [3.05, 3.63) is 0 Å². The molecular weight excluding hydrogens is 238 g/mol. The molecule has 3 nitrogen and oxygen atoms in total. The molecule has 1 atom stereocenters. The Labute approximate surface area is 118 Å². The summed E-state index contributed by atoms with van der Waals surface area (Å²) in [5.41, 5.74) is 0. The molecule has 0 N–H and O–H groups in total. The van der Waals surface area contributed by atoms with Crippen LogP contribution in [-0.2, 0) is 9.53 Å². The summed E-state index contributed by atoms with van der Waals surface area (Å²) < 4.78 is 5.05. The van der Waals surface area contributed by atoms with Crippen molar-refractivity contribution in [3.63, 3.8) is 0 Å². The number of hydrogen-bond acceptors (Lipinski definition) is 3. The second-order valence-corrected chi connectivity index (χ2v) is 6.21. The van der Waals surface area contributed by atoms with Crippen molar-refractivity contribution in [1.82, 2.24) is 4.90 Å². The normalized spacial score (nSPS) is 18.2. The molecule has 1 aliphatic carbocycles. The summed E-state index contributed by atoms with van der Waals surface area (Å²) in [7, 11) is 1.52. The number of ether oxygens (including phenoxy) is 1. The summed E-state index contributed by atoms with van der Waals surface area (Å²) in [6.07, 6.45) is 8.27. The summed E-state index contributed by atoms with van der Waals surface area (Å²) in [5, 5.41) is 0. The van der Waals surface area contributed by atoms with Crippen LogP contribution in [0.5, 0.6) is 0 Å². The average Bonchev–Trinajstić information content (AvgIpc) is 2.90. The van der Waals surface area contributed by atoms with E-state index >= 15 is 0 Å². The molecule has 0 aliphatic heterocycles. The molecule has 0 saturated heterocycles. The third-order valence-electron chi connectivity index (χ3n) is 4.07. The van der Waals surface area contributed by atoms with E-state index in [4.69, 9.17) is 4.74 Å². The third kappa shape index (κ3) is 5.13. The van der Waals surface area contributed by atoms with Crippen molar-refractivity contribution in [2.75, 3.05) is 13.7 Å². The lowest BCUT2D eigenvalue weighted by Crippen LogP contribution is -2.48. The minimum Gasteiger partial charge on any atom is -0.468 e. The van der Waals surface area contributed by atoms with Crippen LogP contribution in [0.15, 0.2) is 0 Å². The molecule has 1 rings (SSSR count). The van der Waals surface area contributed by atoms with Gasteiger partial charge in [0, 0.05) is 12.6 Å². The highest BCUT2D eigenvalue weighted by atomic mass is 16.5. The van der Waals surface area contributed by atoms with Gasteiger partial charge in [-0.1, -0.05) is 46.5 Å². The van der Waals surface area contributed by atoms with Gasteiger partial charge < -0.3 is 4.74 Å². The molecule has 0 amide bonds. The van der Waals surface area contributed by atoms with Crippen LogP contribution in [0.25, 0.3) is 0 Å². The summed E-state index contributed by atoms with van der Waals surface area (Å²) in [6, 6.07) is 0.554. The maximum atomic E-state index is 12.1. The van der Waals surface area contributed by atoms with Crippen LogP contribution in [0, 0.1) is 5.92 Å². The molecule has 3 heteroatoms. The summed E-state index contributed by atoms with van der Waals surface area (Å²) in [6.45, 7) is 7.65. The Bertz CT molecular complexity index is 259. The molecule has 1 aliphatic rings. The van der Waals surface area contributed by atoms with Crippen molar-refractivity contribution in [2.45, 2.75) is 77.8 Å². The lowest BCUT2D eigenvalue weighted by Gasteiger charge is -2.36. The monoisotopic (exact) mass is 269 g/mol. The van der Waals surface area contributed by atoms with E-state index in [0.717, 1.165) is 25.8 Å². The fourth-order valence-electron chi connectivity index (χ4n) is 3.14. The Morgan fingerprint density at radius 1 is 1.32 bits per heavy atom. The molecule has 0 aromatic rings. The van der Waals surface area contributed by atoms with Gasteiger partial charge in [-0.3, -0.25) is 9.69 Å². The van der Waals surface area contributed by atoms with Crippen molar-refractivity contribution in [1.29, 1.82) is 0 Å². The van der Waals surface area contributed by atoms with Gasteiger partial charge in [-0.05, 0) is 25.2 Å². The summed E-state index contributed by atoms with van der Waals surface area (Å²) in [4.78, 5) is 14.6. The molecule has 1 fully saturated rings. The predicted octanol–water partition coefficient (Wildman–Crippen LogP) is 3.62. The Morgan fingerprint density at radius 3 is 2.42 bits per heavy atom. The maximum absolute atomic E-state index is 12.1. The predicted molar refractivity (Wildman–Crippen MR) is 79.1 cm³/mol. The van der Waals surface area contributed by atoms with E-state index < -0.39 is 0 Å². The van der Waals surface area contributed by atoms with Crippen LogP contribution in [-0.4, -0.2) is 36.6 Å². The molecule has 0 bridgehead atoms. The lowest BCUT2D eigenvalue weighted by atomic mass is 10.0. The highest BCUT2D eigenvalue weighted by molar-refractivity contribution is 5.75. The lowest BCUT2D eigenvalue weighted by molar-refractivity contribution is -0.148. The molecule has 0 radical (unpaired) electrons. The molecule has 1 unspecified atom stereocenters. The molecule has 0 heterocycles. The Hall–Kier alpha value is -0.570. The maximum Gasteiger partial charge on any atom is 0.323 e. The van der Waals surface area contributed by atoms with Crippen molar-refractivity contribution in [3.8, 4) is 0 Å². The first-order valence-corrected chi connectivity index (χ1v) is 7.93. The summed E-state index contributed by atoms with van der Waals surface area (Å²) in [5.74, 6) is 0.551. The van der Waals surface area contributed by atoms with Gasteiger partial charge in [0.15, 0.2) is 0 Å². The molecule has 1 saturated carbocycles. The second kappa shape index (κ2) is 8.57. The van der Waals surface area contributed by atoms with E-state index in [1.165, 1.54) is 32.8 Å². The number of rotatable bonds is 8. The molecule has 112 valence electrons. The van der Waals surface area contributed by atoms with Gasteiger partial charge in [0.05, 0.1) is 7.11 Å². The number of carbonyl (C=O) groups excluding carboxylic acids is 1. The van der Waals surface area contributed by atoms with E-state index in [2.05, 4.69) is 25.7 Å². The van der Waals surface area contributed by atoms with Crippen LogP contribution in [0.1, 0.15) is 65.7 Å². The van der Waals surface area contributed by atoms with E-state index in [1.54, 1.807) is 0 Å². The molecule has 0 aromatic heterocycles. The van der Waals surface area contributed by atoms with Crippen LogP contribution >= 0.6 is 0 Å². The molecular formula is C16H31NO2. The van der Waals surface area contributed by atoms with Crippen LogP contribution in [0.3, 0.4) is 0 Å². The van der Waals surface area contributed by atoms with Gasteiger partial charge in [0.1, 0.15) is 6.04 Å². The number of unbranched alkanes of at least 4 members (excludes halogenated alkanes) is 1. The second-order valence-electron chi connectivity index (χ2n) is 6.21. The molecule has 0 aromatic carbocycles. The number of methoxy groups -OCH3 is 1. The zero-order valence-electron chi connectivity index (χ0n) is 13.2. The number of esters is 1. The van der Waals surface area contributed by atoms with Gasteiger partial charge in [0.25, 0.3) is 0 Å². The fraction of sp³-hybridized carbons (Fsp3) is 0.938. The topological polar surface area (TPSA) is 29.5 Å². The number of nitrogens with zero attached hydrogens (tertiary/aromatic N) is 1. The van der Waals surface area contributed by atoms with Gasteiger partial charge >= 0.3 is 5.97 Å². The number of carbonyl (C=O) groups is 1. The largest absolute Gasteiger partial charge is 0.468 e. The first-order valence-electron chi connectivity index (χ1n) is 7.93. The minimum absolute atomic E-state index is 0.0320. The smallest absolute Gasteiger partial charge is 0.323 e. The average molecular weight is 269 g/mol. The van der Waals surface area contributed by atoms with Gasteiger partial charge in [0.2, 0.25) is 0 Å².